The predicted octanol–water partition coefficient (Wildman–Crippen LogP) is -0.316. The molecule has 2 heterocycles. The fourth-order valence-corrected chi connectivity index (χ4v) is 4.83. The van der Waals surface area contributed by atoms with Crippen LogP contribution in [0, 0.1) is 0 Å². The van der Waals surface area contributed by atoms with Crippen LogP contribution in [0.1, 0.15) is 6.42 Å². The molecule has 10 heteroatoms. The van der Waals surface area contributed by atoms with Crippen molar-refractivity contribution in [2.24, 2.45) is 10.9 Å². The van der Waals surface area contributed by atoms with Crippen LogP contribution in [0.15, 0.2) is 14.5 Å². The number of primary sulfonamides is 1. The molecule has 1 aromatic heterocycles. The second kappa shape index (κ2) is 4.53. The van der Waals surface area contributed by atoms with Gasteiger partial charge in [-0.1, -0.05) is 11.8 Å². The van der Waals surface area contributed by atoms with Crippen molar-refractivity contribution in [3.05, 3.63) is 6.07 Å². The normalized spacial score (nSPS) is 19.2. The molecule has 0 saturated heterocycles. The summed E-state index contributed by atoms with van der Waals surface area (Å²) in [6.45, 7) is 0. The van der Waals surface area contributed by atoms with Crippen LogP contribution in [-0.2, 0) is 19.6 Å². The molecule has 1 atom stereocenters. The lowest BCUT2D eigenvalue weighted by atomic mass is 10.2. The van der Waals surface area contributed by atoms with E-state index in [1.807, 2.05) is 0 Å². The van der Waals surface area contributed by atoms with Gasteiger partial charge in [0.2, 0.25) is 21.8 Å². The maximum Gasteiger partial charge on any atom is 0.247 e. The summed E-state index contributed by atoms with van der Waals surface area (Å²) >= 11 is 2.07. The molecule has 0 radical (unpaired) electrons. The van der Waals surface area contributed by atoms with E-state index in [0.717, 1.165) is 23.1 Å². The molecule has 0 spiro atoms. The summed E-state index contributed by atoms with van der Waals surface area (Å²) < 4.78 is 22.9. The number of nitrogens with one attached hydrogen (secondary N) is 1. The first-order valence-electron chi connectivity index (χ1n) is 4.70. The molecule has 0 saturated carbocycles. The fourth-order valence-electron chi connectivity index (χ4n) is 1.38. The Morgan fingerprint density at radius 3 is 2.72 bits per heavy atom. The molecule has 0 aromatic carbocycles. The summed E-state index contributed by atoms with van der Waals surface area (Å²) in [5.74, 6) is -0.959. The Bertz CT molecular complexity index is 622. The molecule has 1 aromatic rings. The van der Waals surface area contributed by atoms with Gasteiger partial charge in [0, 0.05) is 6.42 Å². The average molecular weight is 307 g/mol. The topological polar surface area (TPSA) is 132 Å². The average Bonchev–Trinajstić information content (AvgIpc) is 2.59. The lowest BCUT2D eigenvalue weighted by molar-refractivity contribution is -0.121. The number of carbonyl (C=O) groups is 2. The van der Waals surface area contributed by atoms with Gasteiger partial charge in [0.15, 0.2) is 0 Å². The van der Waals surface area contributed by atoms with E-state index in [4.69, 9.17) is 10.9 Å². The van der Waals surface area contributed by atoms with Crippen molar-refractivity contribution >= 4 is 50.6 Å². The number of rotatable bonds is 3. The Labute approximate surface area is 111 Å². The molecule has 0 aliphatic carbocycles. The highest BCUT2D eigenvalue weighted by Crippen LogP contribution is 2.43. The number of fused-ring (bicyclic) bond motifs is 1. The van der Waals surface area contributed by atoms with Crippen LogP contribution in [-0.4, -0.2) is 25.5 Å². The number of nitrogens with two attached hydrogens (primary N) is 2. The van der Waals surface area contributed by atoms with E-state index in [9.17, 15) is 18.0 Å². The number of sulfonamides is 1. The zero-order valence-electron chi connectivity index (χ0n) is 8.87. The van der Waals surface area contributed by atoms with Crippen molar-refractivity contribution in [2.45, 2.75) is 20.1 Å². The first-order chi connectivity index (χ1) is 8.27. The summed E-state index contributed by atoms with van der Waals surface area (Å²) in [5.41, 5.74) is 5.44. The van der Waals surface area contributed by atoms with E-state index in [2.05, 4.69) is 5.32 Å². The number of primary amides is 1. The van der Waals surface area contributed by atoms with Crippen LogP contribution in [0.3, 0.4) is 0 Å². The number of carbonyl (C=O) groups excluding carboxylic acids is 2. The van der Waals surface area contributed by atoms with Crippen molar-refractivity contribution in [1.82, 2.24) is 0 Å². The van der Waals surface area contributed by atoms with E-state index in [1.165, 1.54) is 6.07 Å². The van der Waals surface area contributed by atoms with Gasteiger partial charge in [-0.05, 0) is 6.07 Å². The third kappa shape index (κ3) is 2.66. The molecule has 0 bridgehead atoms. The number of thioether (sulfide) groups is 1. The monoisotopic (exact) mass is 307 g/mol. The molecule has 2 rings (SSSR count). The highest BCUT2D eigenvalue weighted by Gasteiger charge is 2.31. The zero-order valence-corrected chi connectivity index (χ0v) is 11.3. The molecule has 1 aliphatic rings. The van der Waals surface area contributed by atoms with Gasteiger partial charge in [-0.3, -0.25) is 9.59 Å². The largest absolute Gasteiger partial charge is 0.370 e. The second-order valence-electron chi connectivity index (χ2n) is 3.58. The molecule has 18 heavy (non-hydrogen) atoms. The highest BCUT2D eigenvalue weighted by atomic mass is 32.3. The van der Waals surface area contributed by atoms with Gasteiger partial charge >= 0.3 is 0 Å². The van der Waals surface area contributed by atoms with Gasteiger partial charge in [-0.15, -0.1) is 11.3 Å². The highest BCUT2D eigenvalue weighted by molar-refractivity contribution is 8.03. The molecule has 98 valence electrons. The number of amides is 2. The van der Waals surface area contributed by atoms with Gasteiger partial charge in [0.1, 0.15) is 4.21 Å². The van der Waals surface area contributed by atoms with E-state index in [0.29, 0.717) is 9.90 Å². The Balaban J connectivity index is 2.31. The Hall–Kier alpha value is -1.10. The van der Waals surface area contributed by atoms with Gasteiger partial charge in [-0.25, -0.2) is 13.6 Å². The van der Waals surface area contributed by atoms with E-state index in [1.54, 1.807) is 0 Å². The smallest absolute Gasteiger partial charge is 0.247 e. The van der Waals surface area contributed by atoms with Crippen LogP contribution < -0.4 is 16.2 Å². The van der Waals surface area contributed by atoms with Crippen LogP contribution in [0.4, 0.5) is 5.69 Å². The minimum absolute atomic E-state index is 0.0278. The van der Waals surface area contributed by atoms with Crippen LogP contribution in [0.25, 0.3) is 0 Å². The fraction of sp³-hybridized carbons (Fsp3) is 0.250. The summed E-state index contributed by atoms with van der Waals surface area (Å²) in [7, 11) is -3.79. The van der Waals surface area contributed by atoms with Gasteiger partial charge in [0.25, 0.3) is 0 Å². The van der Waals surface area contributed by atoms with Crippen molar-refractivity contribution in [2.75, 3.05) is 5.32 Å². The first-order valence-corrected chi connectivity index (χ1v) is 7.94. The van der Waals surface area contributed by atoms with Gasteiger partial charge < -0.3 is 11.1 Å². The Morgan fingerprint density at radius 2 is 2.17 bits per heavy atom. The Morgan fingerprint density at radius 1 is 1.50 bits per heavy atom. The number of anilines is 1. The lowest BCUT2D eigenvalue weighted by Gasteiger charge is -2.19. The minimum atomic E-state index is -3.79. The Kier molecular flexibility index (Phi) is 3.36. The maximum atomic E-state index is 11.6. The van der Waals surface area contributed by atoms with E-state index in [-0.39, 0.29) is 16.5 Å². The summed E-state index contributed by atoms with van der Waals surface area (Å²) in [6.07, 6.45) is -0.0987. The summed E-state index contributed by atoms with van der Waals surface area (Å²) in [5, 5.41) is 6.90. The van der Waals surface area contributed by atoms with Gasteiger partial charge in [-0.2, -0.15) is 0 Å². The molecule has 7 nitrogen and oxygen atoms in total. The standard InChI is InChI=1S/C8H9N3O4S3/c9-5(12)2-4-7(13)11-3-1-6(18(10,14)15)17-8(3)16-4/h1,4H,2H2,(H2,9,12)(H,11,13)(H2,10,14,15). The lowest BCUT2D eigenvalue weighted by Crippen LogP contribution is -2.32. The summed E-state index contributed by atoms with van der Waals surface area (Å²) in [4.78, 5) is 22.4. The van der Waals surface area contributed by atoms with Crippen LogP contribution in [0.5, 0.6) is 0 Å². The van der Waals surface area contributed by atoms with Crippen molar-refractivity contribution < 1.29 is 18.0 Å². The van der Waals surface area contributed by atoms with Crippen molar-refractivity contribution in [1.29, 1.82) is 0 Å². The molecule has 0 fully saturated rings. The molecule has 1 aliphatic heterocycles. The van der Waals surface area contributed by atoms with Gasteiger partial charge in [0.05, 0.1) is 15.1 Å². The van der Waals surface area contributed by atoms with E-state index < -0.39 is 21.2 Å². The number of thiophene rings is 1. The zero-order chi connectivity index (χ0) is 13.5. The molecule has 1 unspecified atom stereocenters. The minimum Gasteiger partial charge on any atom is -0.370 e. The van der Waals surface area contributed by atoms with Crippen molar-refractivity contribution in [3.63, 3.8) is 0 Å². The van der Waals surface area contributed by atoms with E-state index >= 15 is 0 Å². The second-order valence-corrected chi connectivity index (χ2v) is 7.89. The number of hydrogen-bond acceptors (Lipinski definition) is 6. The maximum absolute atomic E-state index is 11.6. The SMILES string of the molecule is NC(=O)CC1Sc2sc(S(N)(=O)=O)cc2NC1=O. The first kappa shape index (κ1) is 13.3. The number of hydrogen-bond donors (Lipinski definition) is 3. The molecular weight excluding hydrogens is 298 g/mol. The third-order valence-electron chi connectivity index (χ3n) is 2.14. The third-order valence-corrected chi connectivity index (χ3v) is 6.13. The quantitative estimate of drug-likeness (QED) is 0.704. The van der Waals surface area contributed by atoms with Crippen LogP contribution >= 0.6 is 23.1 Å². The molecule has 5 N–H and O–H groups in total. The molecule has 2 amide bonds. The molecular formula is C8H9N3O4S3. The van der Waals surface area contributed by atoms with Crippen molar-refractivity contribution in [3.8, 4) is 0 Å². The summed E-state index contributed by atoms with van der Waals surface area (Å²) in [6, 6.07) is 1.31. The van der Waals surface area contributed by atoms with Crippen LogP contribution in [0.2, 0.25) is 0 Å². The predicted molar refractivity (Wildman–Crippen MR) is 67.8 cm³/mol.